The Kier molecular flexibility index (Phi) is 1.64. The summed E-state index contributed by atoms with van der Waals surface area (Å²) in [4.78, 5) is 3.92. The number of dihydropyridines is 1. The molecule has 0 saturated carbocycles. The molecule has 8 heavy (non-hydrogen) atoms. The van der Waals surface area contributed by atoms with Gasteiger partial charge in [0.15, 0.2) is 0 Å². The van der Waals surface area contributed by atoms with Crippen molar-refractivity contribution in [1.82, 2.24) is 5.48 Å². The van der Waals surface area contributed by atoms with E-state index in [9.17, 15) is 0 Å². The van der Waals surface area contributed by atoms with Gasteiger partial charge in [-0.05, 0) is 6.08 Å². The fraction of sp³-hybridized carbons (Fsp3) is 0.400. The first-order valence-corrected chi connectivity index (χ1v) is 2.52. The van der Waals surface area contributed by atoms with Gasteiger partial charge in [0.1, 0.15) is 0 Å². The van der Waals surface area contributed by atoms with Gasteiger partial charge >= 0.3 is 0 Å². The molecule has 1 heterocycles. The Labute approximate surface area is 47.7 Å². The monoisotopic (exact) mass is 112 g/mol. The van der Waals surface area contributed by atoms with E-state index in [4.69, 9.17) is 5.21 Å². The predicted octanol–water partition coefficient (Wildman–Crippen LogP) is 0.324. The molecule has 0 amide bonds. The normalized spacial score (nSPS) is 17.9. The Bertz CT molecular complexity index is 128. The molecule has 0 radical (unpaired) electrons. The second kappa shape index (κ2) is 2.47. The van der Waals surface area contributed by atoms with Gasteiger partial charge in [0.25, 0.3) is 0 Å². The zero-order valence-corrected chi connectivity index (χ0v) is 4.46. The van der Waals surface area contributed by atoms with Crippen LogP contribution in [0.3, 0.4) is 0 Å². The fourth-order valence-corrected chi connectivity index (χ4v) is 0.579. The summed E-state index contributed by atoms with van der Waals surface area (Å²) in [7, 11) is 0. The number of allylic oxidation sites excluding steroid dienone is 1. The molecule has 0 atom stereocenters. The lowest BCUT2D eigenvalue weighted by Gasteiger charge is -2.04. The van der Waals surface area contributed by atoms with Crippen LogP contribution in [0.1, 0.15) is 6.42 Å². The van der Waals surface area contributed by atoms with Crippen molar-refractivity contribution < 1.29 is 5.21 Å². The van der Waals surface area contributed by atoms with Crippen molar-refractivity contribution in [1.29, 1.82) is 0 Å². The third kappa shape index (κ3) is 1.07. The van der Waals surface area contributed by atoms with Crippen LogP contribution in [0.5, 0.6) is 0 Å². The van der Waals surface area contributed by atoms with Gasteiger partial charge in [0.05, 0.1) is 0 Å². The summed E-state index contributed by atoms with van der Waals surface area (Å²) in [6, 6.07) is 0. The van der Waals surface area contributed by atoms with Gasteiger partial charge in [0, 0.05) is 24.9 Å². The summed E-state index contributed by atoms with van der Waals surface area (Å²) >= 11 is 0. The van der Waals surface area contributed by atoms with Gasteiger partial charge in [-0.15, -0.1) is 0 Å². The van der Waals surface area contributed by atoms with E-state index in [1.807, 2.05) is 0 Å². The maximum Gasteiger partial charge on any atom is 0.0444 e. The molecule has 0 aromatic carbocycles. The van der Waals surface area contributed by atoms with E-state index >= 15 is 0 Å². The van der Waals surface area contributed by atoms with Crippen LogP contribution in [0, 0.1) is 0 Å². The van der Waals surface area contributed by atoms with Crippen molar-refractivity contribution >= 4 is 6.21 Å². The average molecular weight is 112 g/mol. The summed E-state index contributed by atoms with van der Waals surface area (Å²) in [5.41, 5.74) is 2.91. The molecular weight excluding hydrogens is 104 g/mol. The van der Waals surface area contributed by atoms with Crippen molar-refractivity contribution in [3.8, 4) is 0 Å². The van der Waals surface area contributed by atoms with Crippen LogP contribution >= 0.6 is 0 Å². The quantitative estimate of drug-likeness (QED) is 0.480. The van der Waals surface area contributed by atoms with Crippen molar-refractivity contribution in [3.63, 3.8) is 0 Å². The van der Waals surface area contributed by atoms with E-state index in [2.05, 4.69) is 10.5 Å². The first-order valence-electron chi connectivity index (χ1n) is 2.52. The third-order valence-corrected chi connectivity index (χ3v) is 1.03. The van der Waals surface area contributed by atoms with Crippen LogP contribution in [-0.2, 0) is 0 Å². The zero-order chi connectivity index (χ0) is 5.82. The maximum absolute atomic E-state index is 8.31. The highest BCUT2D eigenvalue weighted by Crippen LogP contribution is 1.98. The summed E-state index contributed by atoms with van der Waals surface area (Å²) in [6.07, 6.45) is 4.25. The van der Waals surface area contributed by atoms with Crippen LogP contribution in [0.2, 0.25) is 0 Å². The fourth-order valence-electron chi connectivity index (χ4n) is 0.579. The smallest absolute Gasteiger partial charge is 0.0444 e. The third-order valence-electron chi connectivity index (χ3n) is 1.03. The Morgan fingerprint density at radius 2 is 2.62 bits per heavy atom. The second-order valence-electron chi connectivity index (χ2n) is 1.61. The molecule has 1 aliphatic rings. The highest BCUT2D eigenvalue weighted by atomic mass is 16.5. The molecule has 0 saturated heterocycles. The summed E-state index contributed by atoms with van der Waals surface area (Å²) in [5, 5.41) is 8.31. The Balaban J connectivity index is 2.50. The average Bonchev–Trinajstić information content (AvgIpc) is 1.90. The molecule has 1 aliphatic heterocycles. The van der Waals surface area contributed by atoms with Crippen LogP contribution in [-0.4, -0.2) is 18.0 Å². The summed E-state index contributed by atoms with van der Waals surface area (Å²) < 4.78 is 0. The van der Waals surface area contributed by atoms with E-state index in [0.717, 1.165) is 18.7 Å². The highest BCUT2D eigenvalue weighted by molar-refractivity contribution is 5.72. The number of nitrogens with zero attached hydrogens (tertiary/aromatic N) is 1. The lowest BCUT2D eigenvalue weighted by atomic mass is 10.3. The number of nitrogens with one attached hydrogen (secondary N) is 1. The van der Waals surface area contributed by atoms with E-state index in [0.29, 0.717) is 0 Å². The van der Waals surface area contributed by atoms with Crippen molar-refractivity contribution in [3.05, 3.63) is 11.8 Å². The van der Waals surface area contributed by atoms with Gasteiger partial charge < -0.3 is 0 Å². The topological polar surface area (TPSA) is 44.6 Å². The van der Waals surface area contributed by atoms with Gasteiger partial charge in [-0.1, -0.05) is 0 Å². The van der Waals surface area contributed by atoms with Crippen molar-refractivity contribution in [2.24, 2.45) is 4.99 Å². The lowest BCUT2D eigenvalue weighted by Crippen LogP contribution is -2.10. The minimum atomic E-state index is 0.777. The Morgan fingerprint density at radius 1 is 1.75 bits per heavy atom. The number of hydrogen-bond donors (Lipinski definition) is 2. The summed E-state index contributed by atoms with van der Waals surface area (Å²) in [6.45, 7) is 0.777. The van der Waals surface area contributed by atoms with E-state index < -0.39 is 0 Å². The largest absolute Gasteiger partial charge is 0.293 e. The Morgan fingerprint density at radius 3 is 3.00 bits per heavy atom. The molecule has 0 fully saturated rings. The van der Waals surface area contributed by atoms with E-state index in [1.54, 1.807) is 12.3 Å². The molecule has 1 rings (SSSR count). The zero-order valence-electron chi connectivity index (χ0n) is 4.46. The van der Waals surface area contributed by atoms with Crippen molar-refractivity contribution in [2.75, 3.05) is 6.54 Å². The van der Waals surface area contributed by atoms with Gasteiger partial charge in [-0.25, -0.2) is 0 Å². The Hall–Kier alpha value is -0.830. The molecule has 3 heteroatoms. The molecule has 0 aromatic rings. The molecule has 0 bridgehead atoms. The minimum absolute atomic E-state index is 0.777. The molecule has 0 unspecified atom stereocenters. The number of hydrogen-bond acceptors (Lipinski definition) is 3. The highest BCUT2D eigenvalue weighted by Gasteiger charge is 1.94. The van der Waals surface area contributed by atoms with Crippen LogP contribution in [0.15, 0.2) is 16.8 Å². The molecule has 2 N–H and O–H groups in total. The minimum Gasteiger partial charge on any atom is -0.293 e. The molecule has 0 spiro atoms. The van der Waals surface area contributed by atoms with Gasteiger partial charge in [-0.3, -0.25) is 15.7 Å². The molecule has 0 aliphatic carbocycles. The van der Waals surface area contributed by atoms with Gasteiger partial charge in [-0.2, -0.15) is 0 Å². The maximum atomic E-state index is 8.31. The summed E-state index contributed by atoms with van der Waals surface area (Å²) in [5.74, 6) is 0. The predicted molar refractivity (Wildman–Crippen MR) is 31.0 cm³/mol. The lowest BCUT2D eigenvalue weighted by molar-refractivity contribution is 0.196. The SMILES string of the molecule is ONC1=CC=NCC1. The van der Waals surface area contributed by atoms with Crippen LogP contribution < -0.4 is 5.48 Å². The van der Waals surface area contributed by atoms with Crippen molar-refractivity contribution in [2.45, 2.75) is 6.42 Å². The molecule has 0 aromatic heterocycles. The van der Waals surface area contributed by atoms with Crippen LogP contribution in [0.25, 0.3) is 0 Å². The standard InChI is InChI=1S/C5H8N2O/c8-7-5-1-3-6-4-2-5/h1,3,7-8H,2,4H2. The second-order valence-corrected chi connectivity index (χ2v) is 1.61. The number of rotatable bonds is 1. The van der Waals surface area contributed by atoms with Gasteiger partial charge in [0.2, 0.25) is 0 Å². The number of aliphatic imine (C=N–C) groups is 1. The number of hydroxylamine groups is 1. The van der Waals surface area contributed by atoms with E-state index in [1.165, 1.54) is 0 Å². The first-order chi connectivity index (χ1) is 3.93. The first kappa shape index (κ1) is 5.31. The van der Waals surface area contributed by atoms with Crippen LogP contribution in [0.4, 0.5) is 0 Å². The molecule has 3 nitrogen and oxygen atoms in total. The van der Waals surface area contributed by atoms with E-state index in [-0.39, 0.29) is 0 Å². The molecular formula is C5H8N2O. The molecule has 44 valence electrons.